The van der Waals surface area contributed by atoms with Crippen LogP contribution in [0.1, 0.15) is 16.2 Å². The first-order valence-electron chi connectivity index (χ1n) is 4.54. The van der Waals surface area contributed by atoms with E-state index in [9.17, 15) is 4.79 Å². The summed E-state index contributed by atoms with van der Waals surface area (Å²) in [5.41, 5.74) is 5.42. The molecule has 0 aliphatic heterocycles. The summed E-state index contributed by atoms with van der Waals surface area (Å²) < 4.78 is 9.47. The van der Waals surface area contributed by atoms with Crippen LogP contribution in [0.2, 0.25) is 0 Å². The average Bonchev–Trinajstić information content (AvgIpc) is 2.88. The molecule has 7 heteroatoms. The summed E-state index contributed by atoms with van der Waals surface area (Å²) in [6.07, 6.45) is 1.54. The normalized spacial score (nSPS) is 10.3. The van der Waals surface area contributed by atoms with Crippen LogP contribution in [-0.2, 0) is 6.54 Å². The number of carbonyl (C=O) groups excluding carboxylic acids is 1. The molecule has 2 heterocycles. The molecule has 0 aliphatic carbocycles. The summed E-state index contributed by atoms with van der Waals surface area (Å²) in [4.78, 5) is 13.2. The minimum absolute atomic E-state index is 0.00839. The van der Waals surface area contributed by atoms with Crippen molar-refractivity contribution in [1.29, 1.82) is 0 Å². The van der Waals surface area contributed by atoms with E-state index in [0.717, 1.165) is 0 Å². The van der Waals surface area contributed by atoms with Crippen LogP contribution in [0.3, 0.4) is 0 Å². The molecule has 0 fully saturated rings. The van der Waals surface area contributed by atoms with E-state index in [0.29, 0.717) is 12.3 Å². The van der Waals surface area contributed by atoms with Crippen LogP contribution in [0, 0.1) is 0 Å². The molecule has 0 unspecified atom stereocenters. The van der Waals surface area contributed by atoms with Gasteiger partial charge < -0.3 is 15.1 Å². The van der Waals surface area contributed by atoms with Crippen molar-refractivity contribution in [3.05, 3.63) is 29.9 Å². The summed E-state index contributed by atoms with van der Waals surface area (Å²) in [6.45, 7) is 0.331. The number of amides is 1. The molecule has 2 N–H and O–H groups in total. The molecule has 7 nitrogen and oxygen atoms in total. The van der Waals surface area contributed by atoms with Crippen molar-refractivity contribution in [2.24, 2.45) is 0 Å². The first kappa shape index (κ1) is 10.2. The van der Waals surface area contributed by atoms with Crippen LogP contribution in [0.15, 0.2) is 27.4 Å². The molecule has 0 bridgehead atoms. The fourth-order valence-corrected chi connectivity index (χ4v) is 1.23. The van der Waals surface area contributed by atoms with Crippen LogP contribution in [0.5, 0.6) is 0 Å². The number of hydrogen-bond acceptors (Lipinski definition) is 6. The highest BCUT2D eigenvalue weighted by Gasteiger charge is 2.20. The fourth-order valence-electron chi connectivity index (χ4n) is 1.23. The summed E-state index contributed by atoms with van der Waals surface area (Å²) >= 11 is 0. The lowest BCUT2D eigenvalue weighted by Gasteiger charge is -2.13. The average molecular weight is 222 g/mol. The van der Waals surface area contributed by atoms with Crippen molar-refractivity contribution in [2.45, 2.75) is 6.54 Å². The number of furan rings is 1. The minimum Gasteiger partial charge on any atom is -0.467 e. The summed E-state index contributed by atoms with van der Waals surface area (Å²) in [5, 5.41) is 6.77. The van der Waals surface area contributed by atoms with Gasteiger partial charge in [0.05, 0.1) is 12.8 Å². The van der Waals surface area contributed by atoms with E-state index in [2.05, 4.69) is 14.9 Å². The van der Waals surface area contributed by atoms with Gasteiger partial charge >= 0.3 is 0 Å². The maximum Gasteiger partial charge on any atom is 0.280 e. The number of anilines is 1. The van der Waals surface area contributed by atoms with E-state index in [1.807, 2.05) is 0 Å². The molecular formula is C9H10N4O3. The number of hydrogen-bond donors (Lipinski definition) is 1. The molecule has 84 valence electrons. The van der Waals surface area contributed by atoms with Gasteiger partial charge in [-0.25, -0.2) is 4.63 Å². The third-order valence-corrected chi connectivity index (χ3v) is 2.04. The third-order valence-electron chi connectivity index (χ3n) is 2.04. The Bertz CT molecular complexity index is 477. The number of carbonyl (C=O) groups is 1. The zero-order chi connectivity index (χ0) is 11.5. The van der Waals surface area contributed by atoms with Crippen LogP contribution >= 0.6 is 0 Å². The minimum atomic E-state index is -0.366. The van der Waals surface area contributed by atoms with E-state index >= 15 is 0 Å². The van der Waals surface area contributed by atoms with E-state index < -0.39 is 0 Å². The Morgan fingerprint density at radius 1 is 1.56 bits per heavy atom. The van der Waals surface area contributed by atoms with Crippen molar-refractivity contribution in [3.63, 3.8) is 0 Å². The lowest BCUT2D eigenvalue weighted by atomic mass is 10.3. The van der Waals surface area contributed by atoms with Gasteiger partial charge in [0.15, 0.2) is 0 Å². The molecule has 0 aromatic carbocycles. The molecule has 2 aromatic rings. The first-order chi connectivity index (χ1) is 7.68. The highest BCUT2D eigenvalue weighted by Crippen LogP contribution is 2.10. The van der Waals surface area contributed by atoms with Gasteiger partial charge in [0.25, 0.3) is 5.91 Å². The highest BCUT2D eigenvalue weighted by atomic mass is 16.6. The Labute approximate surface area is 90.8 Å². The van der Waals surface area contributed by atoms with Gasteiger partial charge in [-0.1, -0.05) is 0 Å². The maximum atomic E-state index is 11.8. The number of nitrogen functional groups attached to an aromatic ring is 1. The molecule has 0 saturated carbocycles. The van der Waals surface area contributed by atoms with E-state index in [-0.39, 0.29) is 17.4 Å². The van der Waals surface area contributed by atoms with Gasteiger partial charge in [-0.15, -0.1) is 0 Å². The van der Waals surface area contributed by atoms with Crippen molar-refractivity contribution in [2.75, 3.05) is 12.8 Å². The topological polar surface area (TPSA) is 98.4 Å². The first-order valence-corrected chi connectivity index (χ1v) is 4.54. The smallest absolute Gasteiger partial charge is 0.280 e. The maximum absolute atomic E-state index is 11.8. The number of nitrogens with two attached hydrogens (primary N) is 1. The van der Waals surface area contributed by atoms with Crippen molar-refractivity contribution in [1.82, 2.24) is 15.2 Å². The molecular weight excluding hydrogens is 212 g/mol. The standard InChI is InChI=1S/C9H10N4O3/c1-13(5-6-3-2-4-15-6)9(14)7-8(10)12-16-11-7/h2-4H,5H2,1H3,(H2,10,12). The number of rotatable bonds is 3. The molecule has 1 amide bonds. The summed E-state index contributed by atoms with van der Waals surface area (Å²) in [7, 11) is 1.61. The second-order valence-electron chi connectivity index (χ2n) is 3.24. The molecule has 2 aromatic heterocycles. The van der Waals surface area contributed by atoms with Crippen LogP contribution in [0.25, 0.3) is 0 Å². The molecule has 2 rings (SSSR count). The monoisotopic (exact) mass is 222 g/mol. The lowest BCUT2D eigenvalue weighted by molar-refractivity contribution is 0.0765. The van der Waals surface area contributed by atoms with Gasteiger partial charge in [0.2, 0.25) is 11.5 Å². The quantitative estimate of drug-likeness (QED) is 0.812. The second-order valence-corrected chi connectivity index (χ2v) is 3.24. The summed E-state index contributed by atoms with van der Waals surface area (Å²) in [5.74, 6) is 0.289. The van der Waals surface area contributed by atoms with Crippen LogP contribution in [-0.4, -0.2) is 28.2 Å². The lowest BCUT2D eigenvalue weighted by Crippen LogP contribution is -2.27. The SMILES string of the molecule is CN(Cc1ccco1)C(=O)c1nonc1N. The number of nitrogens with zero attached hydrogens (tertiary/aromatic N) is 3. The Kier molecular flexibility index (Phi) is 2.59. The van der Waals surface area contributed by atoms with Crippen LogP contribution in [0.4, 0.5) is 5.82 Å². The molecule has 0 atom stereocenters. The van der Waals surface area contributed by atoms with E-state index in [1.165, 1.54) is 4.90 Å². The molecule has 0 aliphatic rings. The third kappa shape index (κ3) is 1.88. The van der Waals surface area contributed by atoms with Crippen molar-refractivity contribution < 1.29 is 13.8 Å². The molecule has 0 radical (unpaired) electrons. The van der Waals surface area contributed by atoms with Crippen LogP contribution < -0.4 is 5.73 Å². The predicted octanol–water partition coefficient (Wildman–Crippen LogP) is 0.517. The zero-order valence-corrected chi connectivity index (χ0v) is 8.58. The van der Waals surface area contributed by atoms with Gasteiger partial charge in [-0.3, -0.25) is 4.79 Å². The largest absolute Gasteiger partial charge is 0.467 e. The predicted molar refractivity (Wildman–Crippen MR) is 53.2 cm³/mol. The van der Waals surface area contributed by atoms with Gasteiger partial charge in [-0.05, 0) is 22.4 Å². The van der Waals surface area contributed by atoms with Gasteiger partial charge in [-0.2, -0.15) is 0 Å². The van der Waals surface area contributed by atoms with Gasteiger partial charge in [0.1, 0.15) is 5.76 Å². The molecule has 0 spiro atoms. The number of aromatic nitrogens is 2. The molecule has 16 heavy (non-hydrogen) atoms. The Balaban J connectivity index is 2.08. The van der Waals surface area contributed by atoms with Crippen molar-refractivity contribution in [3.8, 4) is 0 Å². The Morgan fingerprint density at radius 3 is 2.94 bits per heavy atom. The van der Waals surface area contributed by atoms with E-state index in [4.69, 9.17) is 10.2 Å². The molecule has 0 saturated heterocycles. The van der Waals surface area contributed by atoms with E-state index in [1.54, 1.807) is 25.4 Å². The Hall–Kier alpha value is -2.31. The van der Waals surface area contributed by atoms with Gasteiger partial charge in [0, 0.05) is 7.05 Å². The van der Waals surface area contributed by atoms with Crippen molar-refractivity contribution >= 4 is 11.7 Å². The fraction of sp³-hybridized carbons (Fsp3) is 0.222. The highest BCUT2D eigenvalue weighted by molar-refractivity contribution is 5.95. The summed E-state index contributed by atoms with van der Waals surface area (Å²) in [6, 6.07) is 3.52. The zero-order valence-electron chi connectivity index (χ0n) is 8.58. The second kappa shape index (κ2) is 4.05. The Morgan fingerprint density at radius 2 is 2.38 bits per heavy atom.